The van der Waals surface area contributed by atoms with E-state index >= 15 is 0 Å². The molecular weight excluding hydrogens is 242 g/mol. The summed E-state index contributed by atoms with van der Waals surface area (Å²) in [6.45, 7) is 1.36. The van der Waals surface area contributed by atoms with E-state index < -0.39 is 0 Å². The second-order valence-electron chi connectivity index (χ2n) is 4.11. The first-order chi connectivity index (χ1) is 9.22. The molecule has 3 rings (SSSR count). The topological polar surface area (TPSA) is 52.3 Å². The van der Waals surface area contributed by atoms with Gasteiger partial charge in [-0.25, -0.2) is 4.98 Å². The van der Waals surface area contributed by atoms with Crippen molar-refractivity contribution in [3.8, 4) is 17.2 Å². The summed E-state index contributed by atoms with van der Waals surface area (Å²) in [4.78, 5) is 15.3. The van der Waals surface area contributed by atoms with E-state index in [2.05, 4.69) is 4.98 Å². The molecule has 0 aliphatic heterocycles. The van der Waals surface area contributed by atoms with Crippen molar-refractivity contribution in [2.45, 2.75) is 6.92 Å². The van der Waals surface area contributed by atoms with E-state index in [0.717, 1.165) is 11.1 Å². The largest absolute Gasteiger partial charge is 0.436 e. The SMILES string of the molecule is CC(=O)Oc1ccc2nc(-c3ccccc3)oc2c1. The molecule has 4 heteroatoms. The number of nitrogens with zero attached hydrogens (tertiary/aromatic N) is 1. The van der Waals surface area contributed by atoms with Crippen LogP contribution in [0.15, 0.2) is 52.9 Å². The van der Waals surface area contributed by atoms with Gasteiger partial charge >= 0.3 is 5.97 Å². The van der Waals surface area contributed by atoms with E-state index in [-0.39, 0.29) is 5.97 Å². The third-order valence-corrected chi connectivity index (χ3v) is 2.64. The third-order valence-electron chi connectivity index (χ3n) is 2.64. The van der Waals surface area contributed by atoms with Gasteiger partial charge in [0.1, 0.15) is 11.3 Å². The number of ether oxygens (including phenoxy) is 1. The highest BCUT2D eigenvalue weighted by Crippen LogP contribution is 2.26. The lowest BCUT2D eigenvalue weighted by Crippen LogP contribution is -2.00. The Morgan fingerprint density at radius 3 is 2.68 bits per heavy atom. The minimum Gasteiger partial charge on any atom is -0.436 e. The molecule has 0 fully saturated rings. The molecule has 0 aliphatic rings. The monoisotopic (exact) mass is 253 g/mol. The highest BCUT2D eigenvalue weighted by atomic mass is 16.5. The van der Waals surface area contributed by atoms with E-state index in [1.165, 1.54) is 6.92 Å². The van der Waals surface area contributed by atoms with Crippen LogP contribution in [0.5, 0.6) is 5.75 Å². The van der Waals surface area contributed by atoms with E-state index in [1.807, 2.05) is 30.3 Å². The van der Waals surface area contributed by atoms with Crippen molar-refractivity contribution >= 4 is 17.1 Å². The molecular formula is C15H11NO3. The second kappa shape index (κ2) is 4.57. The first-order valence-corrected chi connectivity index (χ1v) is 5.87. The average molecular weight is 253 g/mol. The Hall–Kier alpha value is -2.62. The summed E-state index contributed by atoms with van der Waals surface area (Å²) in [6.07, 6.45) is 0. The van der Waals surface area contributed by atoms with Crippen LogP contribution in [0.2, 0.25) is 0 Å². The summed E-state index contributed by atoms with van der Waals surface area (Å²) >= 11 is 0. The number of carbonyl (C=O) groups is 1. The maximum Gasteiger partial charge on any atom is 0.308 e. The zero-order chi connectivity index (χ0) is 13.2. The van der Waals surface area contributed by atoms with Gasteiger partial charge in [0, 0.05) is 18.6 Å². The molecule has 3 aromatic rings. The minimum atomic E-state index is -0.359. The van der Waals surface area contributed by atoms with E-state index in [9.17, 15) is 4.79 Å². The lowest BCUT2D eigenvalue weighted by Gasteiger charge is -1.98. The van der Waals surface area contributed by atoms with Crippen molar-refractivity contribution in [1.29, 1.82) is 0 Å². The Bertz CT molecular complexity index is 731. The Balaban J connectivity index is 2.04. The summed E-state index contributed by atoms with van der Waals surface area (Å²) in [5.41, 5.74) is 2.24. The van der Waals surface area contributed by atoms with Crippen LogP contribution in [0, 0.1) is 0 Å². The van der Waals surface area contributed by atoms with E-state index in [0.29, 0.717) is 17.2 Å². The van der Waals surface area contributed by atoms with Gasteiger partial charge in [-0.3, -0.25) is 4.79 Å². The van der Waals surface area contributed by atoms with Crippen molar-refractivity contribution in [3.63, 3.8) is 0 Å². The second-order valence-corrected chi connectivity index (χ2v) is 4.11. The Kier molecular flexibility index (Phi) is 2.76. The number of carbonyl (C=O) groups excluding carboxylic acids is 1. The van der Waals surface area contributed by atoms with Crippen LogP contribution in [0.4, 0.5) is 0 Å². The molecule has 0 atom stereocenters. The van der Waals surface area contributed by atoms with Crippen LogP contribution < -0.4 is 4.74 Å². The van der Waals surface area contributed by atoms with Gasteiger partial charge < -0.3 is 9.15 Å². The van der Waals surface area contributed by atoms with Gasteiger partial charge in [-0.05, 0) is 24.3 Å². The lowest BCUT2D eigenvalue weighted by molar-refractivity contribution is -0.131. The molecule has 0 amide bonds. The zero-order valence-corrected chi connectivity index (χ0v) is 10.3. The van der Waals surface area contributed by atoms with Crippen molar-refractivity contribution in [1.82, 2.24) is 4.98 Å². The van der Waals surface area contributed by atoms with Crippen molar-refractivity contribution < 1.29 is 13.9 Å². The number of hydrogen-bond acceptors (Lipinski definition) is 4. The molecule has 0 radical (unpaired) electrons. The Morgan fingerprint density at radius 2 is 1.95 bits per heavy atom. The summed E-state index contributed by atoms with van der Waals surface area (Å²) in [6, 6.07) is 14.8. The molecule has 0 unspecified atom stereocenters. The smallest absolute Gasteiger partial charge is 0.308 e. The van der Waals surface area contributed by atoms with Gasteiger partial charge in [-0.2, -0.15) is 0 Å². The molecule has 19 heavy (non-hydrogen) atoms. The first-order valence-electron chi connectivity index (χ1n) is 5.87. The van der Waals surface area contributed by atoms with Crippen LogP contribution in [0.3, 0.4) is 0 Å². The molecule has 0 spiro atoms. The van der Waals surface area contributed by atoms with Gasteiger partial charge in [0.15, 0.2) is 5.58 Å². The predicted octanol–water partition coefficient (Wildman–Crippen LogP) is 3.42. The van der Waals surface area contributed by atoms with Gasteiger partial charge in [-0.1, -0.05) is 18.2 Å². The van der Waals surface area contributed by atoms with Crippen LogP contribution in [-0.2, 0) is 4.79 Å². The quantitative estimate of drug-likeness (QED) is 0.518. The maximum absolute atomic E-state index is 10.9. The predicted molar refractivity (Wildman–Crippen MR) is 70.8 cm³/mol. The highest BCUT2D eigenvalue weighted by molar-refractivity contribution is 5.79. The van der Waals surface area contributed by atoms with Gasteiger partial charge in [-0.15, -0.1) is 0 Å². The molecule has 1 aromatic heterocycles. The number of oxazole rings is 1. The highest BCUT2D eigenvalue weighted by Gasteiger charge is 2.09. The van der Waals surface area contributed by atoms with Gasteiger partial charge in [0.05, 0.1) is 0 Å². The maximum atomic E-state index is 10.9. The number of rotatable bonds is 2. The lowest BCUT2D eigenvalue weighted by atomic mass is 10.2. The molecule has 94 valence electrons. The molecule has 0 aliphatic carbocycles. The fraction of sp³-hybridized carbons (Fsp3) is 0.0667. The first kappa shape index (κ1) is 11.5. The fourth-order valence-corrected chi connectivity index (χ4v) is 1.84. The minimum absolute atomic E-state index is 0.359. The van der Waals surface area contributed by atoms with Crippen LogP contribution in [0.1, 0.15) is 6.92 Å². The van der Waals surface area contributed by atoms with E-state index in [1.54, 1.807) is 18.2 Å². The average Bonchev–Trinajstić information content (AvgIpc) is 2.82. The summed E-state index contributed by atoms with van der Waals surface area (Å²) < 4.78 is 10.7. The van der Waals surface area contributed by atoms with Crippen LogP contribution >= 0.6 is 0 Å². The summed E-state index contributed by atoms with van der Waals surface area (Å²) in [5.74, 6) is 0.647. The van der Waals surface area contributed by atoms with Crippen molar-refractivity contribution in [2.75, 3.05) is 0 Å². The molecule has 1 heterocycles. The fourth-order valence-electron chi connectivity index (χ4n) is 1.84. The number of esters is 1. The Labute approximate surface area is 109 Å². The van der Waals surface area contributed by atoms with Crippen LogP contribution in [0.25, 0.3) is 22.6 Å². The summed E-state index contributed by atoms with van der Waals surface area (Å²) in [5, 5.41) is 0. The molecule has 2 aromatic carbocycles. The zero-order valence-electron chi connectivity index (χ0n) is 10.3. The molecule has 0 bridgehead atoms. The number of benzene rings is 2. The Morgan fingerprint density at radius 1 is 1.16 bits per heavy atom. The van der Waals surface area contributed by atoms with E-state index in [4.69, 9.17) is 9.15 Å². The van der Waals surface area contributed by atoms with Gasteiger partial charge in [0.2, 0.25) is 5.89 Å². The van der Waals surface area contributed by atoms with Crippen molar-refractivity contribution in [3.05, 3.63) is 48.5 Å². The third kappa shape index (κ3) is 2.33. The standard InChI is InChI=1S/C15H11NO3/c1-10(17)18-12-7-8-13-14(9-12)19-15(16-13)11-5-3-2-4-6-11/h2-9H,1H3. The van der Waals surface area contributed by atoms with Crippen molar-refractivity contribution in [2.24, 2.45) is 0 Å². The normalized spacial score (nSPS) is 10.6. The molecule has 0 saturated carbocycles. The number of fused-ring (bicyclic) bond motifs is 1. The van der Waals surface area contributed by atoms with Crippen LogP contribution in [-0.4, -0.2) is 11.0 Å². The number of hydrogen-bond donors (Lipinski definition) is 0. The molecule has 4 nitrogen and oxygen atoms in total. The molecule has 0 saturated heterocycles. The molecule has 0 N–H and O–H groups in total. The van der Waals surface area contributed by atoms with Gasteiger partial charge in [0.25, 0.3) is 0 Å². The number of aromatic nitrogens is 1. The summed E-state index contributed by atoms with van der Waals surface area (Å²) in [7, 11) is 0.